The summed E-state index contributed by atoms with van der Waals surface area (Å²) in [6.07, 6.45) is -2.69. The van der Waals surface area contributed by atoms with E-state index in [2.05, 4.69) is 0 Å². The molecule has 6 nitrogen and oxygen atoms in total. The predicted molar refractivity (Wildman–Crippen MR) is 95.9 cm³/mol. The number of aromatic nitrogens is 1. The standard InChI is InChI=1S/C19H20F3N3O3/c1-23-7-3-6-16(23)18(27)28-13-17(26)25-10-8-24(9-11-25)15-5-2-4-14(12-15)19(20,21)22/h2-7,12H,8-11,13H2,1H3. The van der Waals surface area contributed by atoms with Crippen LogP contribution in [0.25, 0.3) is 0 Å². The number of piperazine rings is 1. The number of nitrogens with zero attached hydrogens (tertiary/aromatic N) is 3. The second-order valence-corrected chi connectivity index (χ2v) is 6.50. The van der Waals surface area contributed by atoms with Gasteiger partial charge in [-0.15, -0.1) is 0 Å². The Kier molecular flexibility index (Phi) is 5.62. The fourth-order valence-electron chi connectivity index (χ4n) is 3.06. The Morgan fingerprint density at radius 1 is 1.07 bits per heavy atom. The van der Waals surface area contributed by atoms with Crippen molar-refractivity contribution in [3.63, 3.8) is 0 Å². The zero-order valence-corrected chi connectivity index (χ0v) is 15.3. The molecule has 1 fully saturated rings. The quantitative estimate of drug-likeness (QED) is 0.747. The van der Waals surface area contributed by atoms with Crippen LogP contribution >= 0.6 is 0 Å². The smallest absolute Gasteiger partial charge is 0.416 e. The molecule has 28 heavy (non-hydrogen) atoms. The molecule has 9 heteroatoms. The van der Waals surface area contributed by atoms with Gasteiger partial charge < -0.3 is 19.1 Å². The highest BCUT2D eigenvalue weighted by Crippen LogP contribution is 2.31. The second kappa shape index (κ2) is 7.95. The third kappa shape index (κ3) is 4.47. The van der Waals surface area contributed by atoms with E-state index in [4.69, 9.17) is 4.74 Å². The Bertz CT molecular complexity index is 855. The number of benzene rings is 1. The highest BCUT2D eigenvalue weighted by Gasteiger charge is 2.31. The SMILES string of the molecule is Cn1cccc1C(=O)OCC(=O)N1CCN(c2cccc(C(F)(F)F)c2)CC1. The van der Waals surface area contributed by atoms with Crippen molar-refractivity contribution in [2.75, 3.05) is 37.7 Å². The lowest BCUT2D eigenvalue weighted by Crippen LogP contribution is -2.50. The van der Waals surface area contributed by atoms with Gasteiger partial charge in [-0.25, -0.2) is 4.79 Å². The van der Waals surface area contributed by atoms with Crippen molar-refractivity contribution in [1.82, 2.24) is 9.47 Å². The van der Waals surface area contributed by atoms with Crippen LogP contribution in [0.2, 0.25) is 0 Å². The summed E-state index contributed by atoms with van der Waals surface area (Å²) in [5.41, 5.74) is 0.121. The van der Waals surface area contributed by atoms with E-state index in [1.165, 1.54) is 6.07 Å². The molecule has 0 radical (unpaired) electrons. The minimum absolute atomic E-state index is 0.328. The lowest BCUT2D eigenvalue weighted by molar-refractivity contribution is -0.137. The van der Waals surface area contributed by atoms with E-state index in [9.17, 15) is 22.8 Å². The Morgan fingerprint density at radius 2 is 1.79 bits per heavy atom. The number of ether oxygens (including phenoxy) is 1. The molecular formula is C19H20F3N3O3. The molecule has 2 aromatic rings. The molecule has 0 spiro atoms. The van der Waals surface area contributed by atoms with Crippen molar-refractivity contribution < 1.29 is 27.5 Å². The Hall–Kier alpha value is -2.97. The van der Waals surface area contributed by atoms with Gasteiger partial charge in [0.05, 0.1) is 5.56 Å². The average molecular weight is 395 g/mol. The summed E-state index contributed by atoms with van der Waals surface area (Å²) in [5.74, 6) is -0.908. The lowest BCUT2D eigenvalue weighted by Gasteiger charge is -2.36. The molecule has 2 heterocycles. The van der Waals surface area contributed by atoms with Crippen LogP contribution in [0.1, 0.15) is 16.1 Å². The molecule has 1 amide bonds. The van der Waals surface area contributed by atoms with E-state index >= 15 is 0 Å². The summed E-state index contributed by atoms with van der Waals surface area (Å²) < 4.78 is 45.3. The zero-order chi connectivity index (χ0) is 20.3. The van der Waals surface area contributed by atoms with Crippen LogP contribution in [0, 0.1) is 0 Å². The maximum absolute atomic E-state index is 12.9. The van der Waals surface area contributed by atoms with Gasteiger partial charge in [0.15, 0.2) is 6.61 Å². The molecule has 0 N–H and O–H groups in total. The normalized spacial score (nSPS) is 14.9. The average Bonchev–Trinajstić information content (AvgIpc) is 3.11. The van der Waals surface area contributed by atoms with Gasteiger partial charge in [-0.1, -0.05) is 6.07 Å². The maximum Gasteiger partial charge on any atom is 0.416 e. The molecule has 1 aromatic carbocycles. The van der Waals surface area contributed by atoms with Gasteiger partial charge in [-0.05, 0) is 30.3 Å². The maximum atomic E-state index is 12.9. The largest absolute Gasteiger partial charge is 0.451 e. The second-order valence-electron chi connectivity index (χ2n) is 6.50. The van der Waals surface area contributed by atoms with Gasteiger partial charge in [-0.3, -0.25) is 4.79 Å². The van der Waals surface area contributed by atoms with Gasteiger partial charge >= 0.3 is 12.1 Å². The van der Waals surface area contributed by atoms with Crippen LogP contribution in [0.15, 0.2) is 42.6 Å². The summed E-state index contributed by atoms with van der Waals surface area (Å²) >= 11 is 0. The van der Waals surface area contributed by atoms with E-state index in [0.29, 0.717) is 37.6 Å². The van der Waals surface area contributed by atoms with E-state index in [0.717, 1.165) is 12.1 Å². The molecule has 0 atom stereocenters. The molecule has 150 valence electrons. The third-order valence-electron chi connectivity index (χ3n) is 4.65. The van der Waals surface area contributed by atoms with Crippen molar-refractivity contribution in [2.45, 2.75) is 6.18 Å². The summed E-state index contributed by atoms with van der Waals surface area (Å²) in [6, 6.07) is 8.43. The van der Waals surface area contributed by atoms with Crippen molar-refractivity contribution in [1.29, 1.82) is 0 Å². The number of rotatable bonds is 4. The zero-order valence-electron chi connectivity index (χ0n) is 15.3. The molecule has 1 saturated heterocycles. The van der Waals surface area contributed by atoms with Crippen LogP contribution in [0.4, 0.5) is 18.9 Å². The molecule has 1 aliphatic heterocycles. The summed E-state index contributed by atoms with van der Waals surface area (Å²) in [4.78, 5) is 27.6. The number of carbonyl (C=O) groups excluding carboxylic acids is 2. The van der Waals surface area contributed by atoms with E-state index in [1.807, 2.05) is 0 Å². The van der Waals surface area contributed by atoms with Crippen LogP contribution in [-0.2, 0) is 22.8 Å². The monoisotopic (exact) mass is 395 g/mol. The molecule has 1 aliphatic rings. The first-order chi connectivity index (χ1) is 13.3. The first-order valence-electron chi connectivity index (χ1n) is 8.74. The number of esters is 1. The Labute approximate surface area is 160 Å². The summed E-state index contributed by atoms with van der Waals surface area (Å²) in [7, 11) is 1.70. The van der Waals surface area contributed by atoms with Crippen LogP contribution < -0.4 is 4.90 Å². The number of hydrogen-bond donors (Lipinski definition) is 0. The molecule has 0 unspecified atom stereocenters. The number of carbonyl (C=O) groups is 2. The van der Waals surface area contributed by atoms with Crippen molar-refractivity contribution in [2.24, 2.45) is 7.05 Å². The minimum Gasteiger partial charge on any atom is -0.451 e. The van der Waals surface area contributed by atoms with E-state index in [-0.39, 0.29) is 12.5 Å². The summed E-state index contributed by atoms with van der Waals surface area (Å²) in [6.45, 7) is 1.12. The minimum atomic E-state index is -4.39. The van der Waals surface area contributed by atoms with Gasteiger partial charge in [-0.2, -0.15) is 13.2 Å². The van der Waals surface area contributed by atoms with Crippen molar-refractivity contribution in [3.05, 3.63) is 53.9 Å². The van der Waals surface area contributed by atoms with E-state index in [1.54, 1.807) is 45.8 Å². The fourth-order valence-corrected chi connectivity index (χ4v) is 3.06. The number of hydrogen-bond acceptors (Lipinski definition) is 4. The molecule has 0 saturated carbocycles. The number of anilines is 1. The lowest BCUT2D eigenvalue weighted by atomic mass is 10.1. The van der Waals surface area contributed by atoms with Crippen LogP contribution in [-0.4, -0.2) is 54.1 Å². The number of halogens is 3. The Balaban J connectivity index is 1.52. The third-order valence-corrected chi connectivity index (χ3v) is 4.65. The number of amides is 1. The first-order valence-corrected chi connectivity index (χ1v) is 8.74. The highest BCUT2D eigenvalue weighted by molar-refractivity contribution is 5.90. The fraction of sp³-hybridized carbons (Fsp3) is 0.368. The van der Waals surface area contributed by atoms with Gasteiger partial charge in [0.25, 0.3) is 5.91 Å². The molecular weight excluding hydrogens is 375 g/mol. The van der Waals surface area contributed by atoms with Crippen LogP contribution in [0.5, 0.6) is 0 Å². The predicted octanol–water partition coefficient (Wildman–Crippen LogP) is 2.55. The highest BCUT2D eigenvalue weighted by atomic mass is 19.4. The van der Waals surface area contributed by atoms with Gasteiger partial charge in [0.1, 0.15) is 5.69 Å². The number of alkyl halides is 3. The number of aryl methyl sites for hydroxylation is 1. The Morgan fingerprint density at radius 3 is 2.39 bits per heavy atom. The van der Waals surface area contributed by atoms with Gasteiger partial charge in [0, 0.05) is 45.1 Å². The molecule has 3 rings (SSSR count). The summed E-state index contributed by atoms with van der Waals surface area (Å²) in [5, 5.41) is 0. The molecule has 0 bridgehead atoms. The van der Waals surface area contributed by atoms with Crippen molar-refractivity contribution >= 4 is 17.6 Å². The van der Waals surface area contributed by atoms with Crippen LogP contribution in [0.3, 0.4) is 0 Å². The topological polar surface area (TPSA) is 54.8 Å². The van der Waals surface area contributed by atoms with Crippen molar-refractivity contribution in [3.8, 4) is 0 Å². The van der Waals surface area contributed by atoms with E-state index < -0.39 is 17.7 Å². The first kappa shape index (κ1) is 19.8. The molecule has 0 aliphatic carbocycles. The van der Waals surface area contributed by atoms with Gasteiger partial charge in [0.2, 0.25) is 0 Å². The molecule has 1 aromatic heterocycles.